The second-order valence-electron chi connectivity index (χ2n) is 5.01. The van der Waals surface area contributed by atoms with Crippen LogP contribution >= 0.6 is 0 Å². The number of ether oxygens (including phenoxy) is 1. The minimum absolute atomic E-state index is 0.0611. The number of aromatic nitrogens is 2. The summed E-state index contributed by atoms with van der Waals surface area (Å²) in [7, 11) is 1.57. The van der Waals surface area contributed by atoms with E-state index in [1.165, 1.54) is 0 Å². The molecule has 1 aliphatic rings. The number of amides is 1. The fourth-order valence-corrected chi connectivity index (χ4v) is 2.44. The average Bonchev–Trinajstić information content (AvgIpc) is 3.18. The van der Waals surface area contributed by atoms with Crippen molar-refractivity contribution in [3.63, 3.8) is 0 Å². The highest BCUT2D eigenvalue weighted by atomic mass is 16.5. The Bertz CT molecular complexity index is 633. The molecule has 0 atom stereocenters. The summed E-state index contributed by atoms with van der Waals surface area (Å²) < 4.78 is 10.4. The zero-order valence-corrected chi connectivity index (χ0v) is 11.9. The Morgan fingerprint density at radius 3 is 2.90 bits per heavy atom. The van der Waals surface area contributed by atoms with E-state index in [0.29, 0.717) is 17.3 Å². The van der Waals surface area contributed by atoms with Crippen LogP contribution in [0.2, 0.25) is 0 Å². The molecule has 21 heavy (non-hydrogen) atoms. The summed E-state index contributed by atoms with van der Waals surface area (Å²) in [5.41, 5.74) is 1.40. The third-order valence-corrected chi connectivity index (χ3v) is 3.48. The van der Waals surface area contributed by atoms with E-state index < -0.39 is 0 Å². The van der Waals surface area contributed by atoms with Crippen LogP contribution in [0.15, 0.2) is 28.7 Å². The number of rotatable bonds is 4. The lowest BCUT2D eigenvalue weighted by atomic mass is 10.1. The standard InChI is InChI=1S/C15H17N3O3/c1-20-10-13-16-17-14(21-13)11-5-4-6-12(9-11)15(19)18-7-2-3-8-18/h4-6,9H,2-3,7-8,10H2,1H3. The van der Waals surface area contributed by atoms with Crippen LogP contribution < -0.4 is 0 Å². The maximum absolute atomic E-state index is 12.4. The van der Waals surface area contributed by atoms with Gasteiger partial charge >= 0.3 is 0 Å². The van der Waals surface area contributed by atoms with E-state index in [1.54, 1.807) is 13.2 Å². The molecule has 6 heteroatoms. The van der Waals surface area contributed by atoms with Crippen molar-refractivity contribution in [3.8, 4) is 11.5 Å². The molecular weight excluding hydrogens is 270 g/mol. The molecule has 110 valence electrons. The summed E-state index contributed by atoms with van der Waals surface area (Å²) in [6.07, 6.45) is 2.16. The second kappa shape index (κ2) is 6.05. The fourth-order valence-electron chi connectivity index (χ4n) is 2.44. The Kier molecular flexibility index (Phi) is 3.96. The van der Waals surface area contributed by atoms with Gasteiger partial charge in [0.15, 0.2) is 0 Å². The minimum atomic E-state index is 0.0611. The number of hydrogen-bond donors (Lipinski definition) is 0. The molecule has 1 saturated heterocycles. The van der Waals surface area contributed by atoms with Crippen LogP contribution in [0.25, 0.3) is 11.5 Å². The first-order valence-corrected chi connectivity index (χ1v) is 6.99. The van der Waals surface area contributed by atoms with Crippen molar-refractivity contribution in [3.05, 3.63) is 35.7 Å². The molecule has 0 radical (unpaired) electrons. The minimum Gasteiger partial charge on any atom is -0.418 e. The first-order valence-electron chi connectivity index (χ1n) is 6.99. The van der Waals surface area contributed by atoms with Crippen LogP contribution in [-0.4, -0.2) is 41.2 Å². The molecule has 3 rings (SSSR count). The molecule has 0 bridgehead atoms. The third-order valence-electron chi connectivity index (χ3n) is 3.48. The number of nitrogens with zero attached hydrogens (tertiary/aromatic N) is 3. The van der Waals surface area contributed by atoms with E-state index in [9.17, 15) is 4.79 Å². The normalized spacial score (nSPS) is 14.6. The molecule has 1 aliphatic heterocycles. The molecule has 1 amide bonds. The van der Waals surface area contributed by atoms with Gasteiger partial charge in [-0.05, 0) is 31.0 Å². The first-order chi connectivity index (χ1) is 10.3. The van der Waals surface area contributed by atoms with E-state index in [1.807, 2.05) is 23.1 Å². The van der Waals surface area contributed by atoms with Crippen molar-refractivity contribution >= 4 is 5.91 Å². The molecule has 6 nitrogen and oxygen atoms in total. The highest BCUT2D eigenvalue weighted by Crippen LogP contribution is 2.21. The summed E-state index contributed by atoms with van der Waals surface area (Å²) in [6, 6.07) is 7.30. The Morgan fingerprint density at radius 1 is 1.33 bits per heavy atom. The molecule has 2 heterocycles. The van der Waals surface area contributed by atoms with E-state index in [2.05, 4.69) is 10.2 Å². The molecule has 1 fully saturated rings. The van der Waals surface area contributed by atoms with Gasteiger partial charge in [-0.25, -0.2) is 0 Å². The van der Waals surface area contributed by atoms with Crippen molar-refractivity contribution < 1.29 is 13.9 Å². The number of likely N-dealkylation sites (tertiary alicyclic amines) is 1. The summed E-state index contributed by atoms with van der Waals surface area (Å²) in [5.74, 6) is 0.882. The Morgan fingerprint density at radius 2 is 2.14 bits per heavy atom. The van der Waals surface area contributed by atoms with Crippen LogP contribution in [0.1, 0.15) is 29.1 Å². The van der Waals surface area contributed by atoms with Crippen LogP contribution in [0.5, 0.6) is 0 Å². The van der Waals surface area contributed by atoms with Crippen molar-refractivity contribution in [2.24, 2.45) is 0 Å². The van der Waals surface area contributed by atoms with Gasteiger partial charge in [0.1, 0.15) is 6.61 Å². The quantitative estimate of drug-likeness (QED) is 0.861. The lowest BCUT2D eigenvalue weighted by Crippen LogP contribution is -2.27. The molecule has 0 spiro atoms. The second-order valence-corrected chi connectivity index (χ2v) is 5.01. The van der Waals surface area contributed by atoms with Crippen molar-refractivity contribution in [1.29, 1.82) is 0 Å². The molecule has 1 aromatic carbocycles. The molecule has 0 unspecified atom stereocenters. The molecule has 0 saturated carbocycles. The van der Waals surface area contributed by atoms with Gasteiger partial charge < -0.3 is 14.1 Å². The Hall–Kier alpha value is -2.21. The lowest BCUT2D eigenvalue weighted by Gasteiger charge is -2.15. The van der Waals surface area contributed by atoms with Crippen LogP contribution in [-0.2, 0) is 11.3 Å². The van der Waals surface area contributed by atoms with Gasteiger partial charge in [-0.3, -0.25) is 4.79 Å². The van der Waals surface area contributed by atoms with Crippen molar-refractivity contribution in [1.82, 2.24) is 15.1 Å². The third kappa shape index (κ3) is 2.95. The van der Waals surface area contributed by atoms with E-state index in [4.69, 9.17) is 9.15 Å². The Labute approximate surface area is 122 Å². The maximum atomic E-state index is 12.4. The SMILES string of the molecule is COCc1nnc(-c2cccc(C(=O)N3CCCC3)c2)o1. The van der Waals surface area contributed by atoms with Crippen molar-refractivity contribution in [2.75, 3.05) is 20.2 Å². The maximum Gasteiger partial charge on any atom is 0.253 e. The average molecular weight is 287 g/mol. The molecule has 1 aromatic heterocycles. The Balaban J connectivity index is 1.83. The zero-order valence-electron chi connectivity index (χ0n) is 11.9. The highest BCUT2D eigenvalue weighted by Gasteiger charge is 2.20. The van der Waals surface area contributed by atoms with Gasteiger partial charge in [-0.1, -0.05) is 6.07 Å². The van der Waals surface area contributed by atoms with Crippen LogP contribution in [0.4, 0.5) is 0 Å². The van der Waals surface area contributed by atoms with Gasteiger partial charge in [0.2, 0.25) is 11.8 Å². The summed E-state index contributed by atoms with van der Waals surface area (Å²) in [5, 5.41) is 7.88. The van der Waals surface area contributed by atoms with Crippen molar-refractivity contribution in [2.45, 2.75) is 19.4 Å². The van der Waals surface area contributed by atoms with Crippen LogP contribution in [0.3, 0.4) is 0 Å². The fraction of sp³-hybridized carbons (Fsp3) is 0.400. The number of methoxy groups -OCH3 is 1. The zero-order chi connectivity index (χ0) is 14.7. The molecule has 2 aromatic rings. The monoisotopic (exact) mass is 287 g/mol. The smallest absolute Gasteiger partial charge is 0.253 e. The van der Waals surface area contributed by atoms with Gasteiger partial charge in [0.05, 0.1) is 0 Å². The van der Waals surface area contributed by atoms with E-state index in [-0.39, 0.29) is 12.5 Å². The summed E-state index contributed by atoms with van der Waals surface area (Å²) in [6.45, 7) is 1.95. The topological polar surface area (TPSA) is 68.5 Å². The number of benzene rings is 1. The molecule has 0 aliphatic carbocycles. The van der Waals surface area contributed by atoms with E-state index in [0.717, 1.165) is 31.5 Å². The molecular formula is C15H17N3O3. The predicted molar refractivity (Wildman–Crippen MR) is 75.6 cm³/mol. The van der Waals surface area contributed by atoms with E-state index >= 15 is 0 Å². The first kappa shape index (κ1) is 13.8. The predicted octanol–water partition coefficient (Wildman–Crippen LogP) is 2.12. The number of carbonyl (C=O) groups is 1. The van der Waals surface area contributed by atoms with Gasteiger partial charge in [-0.2, -0.15) is 0 Å². The van der Waals surface area contributed by atoms with Gasteiger partial charge in [-0.15, -0.1) is 10.2 Å². The molecule has 0 N–H and O–H groups in total. The highest BCUT2D eigenvalue weighted by molar-refractivity contribution is 5.95. The van der Waals surface area contributed by atoms with Gasteiger partial charge in [0, 0.05) is 31.3 Å². The van der Waals surface area contributed by atoms with Gasteiger partial charge in [0.25, 0.3) is 5.91 Å². The summed E-state index contributed by atoms with van der Waals surface area (Å²) >= 11 is 0. The lowest BCUT2D eigenvalue weighted by molar-refractivity contribution is 0.0793. The van der Waals surface area contributed by atoms with Crippen LogP contribution in [0, 0.1) is 0 Å². The number of hydrogen-bond acceptors (Lipinski definition) is 5. The largest absolute Gasteiger partial charge is 0.418 e. The summed E-state index contributed by atoms with van der Waals surface area (Å²) in [4.78, 5) is 14.3. The number of carbonyl (C=O) groups excluding carboxylic acids is 1.